The monoisotopic (exact) mass is 790 g/mol. The predicted molar refractivity (Wildman–Crippen MR) is 223 cm³/mol. The number of carbonyl (C=O) groups excluding carboxylic acids is 2. The third-order valence-corrected chi connectivity index (χ3v) is 11.4. The molecule has 4 rings (SSSR count). The molecule has 9 heteroatoms. The summed E-state index contributed by atoms with van der Waals surface area (Å²) in [5, 5.41) is 19.2. The standard InChI is InChI=1S/C48H64F2O7/c1-6-7-8-11-34-14-16-36(17-15-34)37-18-20-38(21-19-37)42-22-23-43(45(50)44(42)49)41-28-39(12-9-25-56-47(53)32(2)3)46(55-27-24-35(30-51)31-52)40(29-41)13-10-26-57-48(54)33(4)5/h18,20-23,28-29,34-37,51-52H,2,4,6-17,19,24-27,30-31H2,1,3,5H3. The van der Waals surface area contributed by atoms with Crippen molar-refractivity contribution in [2.45, 2.75) is 111 Å². The Kier molecular flexibility index (Phi) is 18.7. The van der Waals surface area contributed by atoms with Crippen LogP contribution >= 0.6 is 0 Å². The first-order valence-corrected chi connectivity index (χ1v) is 21.0. The van der Waals surface area contributed by atoms with Gasteiger partial charge >= 0.3 is 11.9 Å². The van der Waals surface area contributed by atoms with Crippen LogP contribution in [0, 0.1) is 35.3 Å². The lowest BCUT2D eigenvalue weighted by molar-refractivity contribution is -0.139. The van der Waals surface area contributed by atoms with Gasteiger partial charge in [-0.25, -0.2) is 18.4 Å². The minimum atomic E-state index is -0.949. The highest BCUT2D eigenvalue weighted by molar-refractivity contribution is 5.87. The molecular weight excluding hydrogens is 727 g/mol. The van der Waals surface area contributed by atoms with Crippen LogP contribution in [0.1, 0.15) is 115 Å². The number of esters is 2. The van der Waals surface area contributed by atoms with E-state index >= 15 is 8.78 Å². The van der Waals surface area contributed by atoms with Crippen LogP contribution < -0.4 is 4.74 Å². The lowest BCUT2D eigenvalue weighted by Crippen LogP contribution is -2.21. The van der Waals surface area contributed by atoms with E-state index in [4.69, 9.17) is 14.2 Å². The number of rotatable bonds is 23. The summed E-state index contributed by atoms with van der Waals surface area (Å²) in [5.41, 5.74) is 3.43. The predicted octanol–water partition coefficient (Wildman–Crippen LogP) is 10.5. The van der Waals surface area contributed by atoms with E-state index in [1.54, 1.807) is 38.1 Å². The number of aliphatic hydroxyl groups excluding tert-OH is 2. The Bertz CT molecular complexity index is 1680. The van der Waals surface area contributed by atoms with E-state index < -0.39 is 23.6 Å². The summed E-state index contributed by atoms with van der Waals surface area (Å²) < 4.78 is 49.3. The molecule has 0 aliphatic heterocycles. The number of allylic oxidation sites excluding steroid dienone is 4. The second-order valence-corrected chi connectivity index (χ2v) is 16.0. The quantitative estimate of drug-likeness (QED) is 0.0656. The summed E-state index contributed by atoms with van der Waals surface area (Å²) in [4.78, 5) is 24.1. The number of hydrogen-bond acceptors (Lipinski definition) is 7. The molecule has 312 valence electrons. The lowest BCUT2D eigenvalue weighted by Gasteiger charge is -2.33. The number of aryl methyl sites for hydroxylation is 2. The molecule has 1 fully saturated rings. The normalized spacial score (nSPS) is 18.0. The Morgan fingerprint density at radius 3 is 1.93 bits per heavy atom. The van der Waals surface area contributed by atoms with Gasteiger partial charge in [0, 0.05) is 41.4 Å². The number of hydrogen-bond donors (Lipinski definition) is 2. The fourth-order valence-electron chi connectivity index (χ4n) is 7.91. The topological polar surface area (TPSA) is 102 Å². The molecule has 0 amide bonds. The van der Waals surface area contributed by atoms with Crippen LogP contribution in [0.5, 0.6) is 5.75 Å². The van der Waals surface area contributed by atoms with E-state index in [1.165, 1.54) is 51.4 Å². The van der Waals surface area contributed by atoms with E-state index in [0.717, 1.165) is 12.3 Å². The summed E-state index contributed by atoms with van der Waals surface area (Å²) in [5.74, 6) is -0.806. The zero-order valence-electron chi connectivity index (χ0n) is 34.4. The van der Waals surface area contributed by atoms with Gasteiger partial charge in [0.2, 0.25) is 0 Å². The van der Waals surface area contributed by atoms with Crippen molar-refractivity contribution in [2.75, 3.05) is 33.0 Å². The van der Waals surface area contributed by atoms with Crippen LogP contribution in [0.2, 0.25) is 0 Å². The number of aliphatic hydroxyl groups is 2. The zero-order valence-corrected chi connectivity index (χ0v) is 34.4. The molecule has 0 saturated heterocycles. The van der Waals surface area contributed by atoms with Crippen LogP contribution in [0.3, 0.4) is 0 Å². The van der Waals surface area contributed by atoms with Crippen LogP contribution in [0.4, 0.5) is 8.78 Å². The number of halogens is 2. The Hall–Kier alpha value is -4.08. The first-order valence-electron chi connectivity index (χ1n) is 21.0. The number of benzene rings is 2. The number of carbonyl (C=O) groups is 2. The maximum atomic E-state index is 16.3. The minimum absolute atomic E-state index is 0.0994. The Labute approximate surface area is 338 Å². The van der Waals surface area contributed by atoms with Crippen LogP contribution in [0.15, 0.2) is 66.8 Å². The van der Waals surface area contributed by atoms with Crippen LogP contribution in [-0.2, 0) is 31.9 Å². The second kappa shape index (κ2) is 23.4. The van der Waals surface area contributed by atoms with Gasteiger partial charge in [-0.1, -0.05) is 89.0 Å². The molecule has 0 bridgehead atoms. The highest BCUT2D eigenvalue weighted by Gasteiger charge is 2.28. The molecule has 7 nitrogen and oxygen atoms in total. The highest BCUT2D eigenvalue weighted by Crippen LogP contribution is 2.41. The maximum Gasteiger partial charge on any atom is 0.333 e. The molecular formula is C48H64F2O7. The molecule has 2 aliphatic carbocycles. The molecule has 0 spiro atoms. The molecule has 0 aromatic heterocycles. The van der Waals surface area contributed by atoms with Crippen molar-refractivity contribution in [3.8, 4) is 16.9 Å². The average Bonchev–Trinajstić information content (AvgIpc) is 3.21. The van der Waals surface area contributed by atoms with Gasteiger partial charge in [-0.05, 0) is 117 Å². The molecule has 2 aliphatic rings. The lowest BCUT2D eigenvalue weighted by atomic mass is 9.72. The van der Waals surface area contributed by atoms with E-state index in [2.05, 4.69) is 32.2 Å². The minimum Gasteiger partial charge on any atom is -0.493 e. The van der Waals surface area contributed by atoms with Gasteiger partial charge < -0.3 is 24.4 Å². The summed E-state index contributed by atoms with van der Waals surface area (Å²) in [6.07, 6.45) is 19.3. The van der Waals surface area contributed by atoms with Crippen molar-refractivity contribution in [3.63, 3.8) is 0 Å². The van der Waals surface area contributed by atoms with Gasteiger partial charge in [-0.15, -0.1) is 0 Å². The average molecular weight is 791 g/mol. The summed E-state index contributed by atoms with van der Waals surface area (Å²) in [6, 6.07) is 6.81. The third-order valence-electron chi connectivity index (χ3n) is 11.4. The molecule has 0 heterocycles. The maximum absolute atomic E-state index is 16.3. The SMILES string of the molecule is C=C(C)C(=O)OCCCc1cc(-c2ccc(C3=CCC(C4CCC(CCCCC)CC4)C=C3)c(F)c2F)cc(CCCOC(=O)C(=C)C)c1OCCC(CO)CO. The van der Waals surface area contributed by atoms with Gasteiger partial charge in [0.05, 0.1) is 19.8 Å². The van der Waals surface area contributed by atoms with Gasteiger partial charge in [0.1, 0.15) is 5.75 Å². The molecule has 2 N–H and O–H groups in total. The number of ether oxygens (including phenoxy) is 3. The first-order chi connectivity index (χ1) is 27.5. The Balaban J connectivity index is 1.59. The van der Waals surface area contributed by atoms with E-state index in [1.807, 2.05) is 6.08 Å². The zero-order chi connectivity index (χ0) is 41.3. The largest absolute Gasteiger partial charge is 0.493 e. The molecule has 2 aromatic rings. The first kappa shape index (κ1) is 45.6. The summed E-state index contributed by atoms with van der Waals surface area (Å²) >= 11 is 0. The third kappa shape index (κ3) is 13.5. The summed E-state index contributed by atoms with van der Waals surface area (Å²) in [6.45, 7) is 12.6. The molecule has 1 atom stereocenters. The van der Waals surface area contributed by atoms with Gasteiger partial charge in [0.25, 0.3) is 0 Å². The van der Waals surface area contributed by atoms with Crippen LogP contribution in [-0.4, -0.2) is 55.2 Å². The van der Waals surface area contributed by atoms with Crippen molar-refractivity contribution in [1.82, 2.24) is 0 Å². The fourth-order valence-corrected chi connectivity index (χ4v) is 7.91. The second-order valence-electron chi connectivity index (χ2n) is 16.0. The van der Waals surface area contributed by atoms with Gasteiger partial charge in [0.15, 0.2) is 11.6 Å². The van der Waals surface area contributed by atoms with Crippen molar-refractivity contribution in [1.29, 1.82) is 0 Å². The Morgan fingerprint density at radius 2 is 1.40 bits per heavy atom. The van der Waals surface area contributed by atoms with Crippen LogP contribution in [0.25, 0.3) is 16.7 Å². The molecule has 1 unspecified atom stereocenters. The molecule has 2 aromatic carbocycles. The van der Waals surface area contributed by atoms with Crippen molar-refractivity contribution >= 4 is 17.5 Å². The van der Waals surface area contributed by atoms with Gasteiger partial charge in [-0.2, -0.15) is 0 Å². The molecule has 1 saturated carbocycles. The van der Waals surface area contributed by atoms with E-state index in [0.29, 0.717) is 72.0 Å². The highest BCUT2D eigenvalue weighted by atomic mass is 19.2. The Morgan fingerprint density at radius 1 is 0.825 bits per heavy atom. The van der Waals surface area contributed by atoms with E-state index in [-0.39, 0.29) is 61.2 Å². The van der Waals surface area contributed by atoms with Crippen molar-refractivity contribution in [2.24, 2.45) is 23.7 Å². The van der Waals surface area contributed by atoms with Crippen molar-refractivity contribution < 1.29 is 42.8 Å². The summed E-state index contributed by atoms with van der Waals surface area (Å²) in [7, 11) is 0. The number of unbranched alkanes of at least 4 members (excludes halogenated alkanes) is 2. The molecule has 57 heavy (non-hydrogen) atoms. The van der Waals surface area contributed by atoms with Crippen molar-refractivity contribution in [3.05, 3.63) is 95.1 Å². The molecule has 0 radical (unpaired) electrons. The smallest absolute Gasteiger partial charge is 0.333 e. The fraction of sp³-hybridized carbons (Fsp3) is 0.542. The van der Waals surface area contributed by atoms with Gasteiger partial charge in [-0.3, -0.25) is 0 Å². The van der Waals surface area contributed by atoms with E-state index in [9.17, 15) is 19.8 Å².